The van der Waals surface area contributed by atoms with E-state index in [9.17, 15) is 0 Å². The summed E-state index contributed by atoms with van der Waals surface area (Å²) < 4.78 is 5.22. The fraction of sp³-hybridized carbons (Fsp3) is 0.769. The molecule has 4 nitrogen and oxygen atoms in total. The summed E-state index contributed by atoms with van der Waals surface area (Å²) in [6.45, 7) is 8.55. The molecule has 0 radical (unpaired) electrons. The quantitative estimate of drug-likeness (QED) is 0.816. The van der Waals surface area contributed by atoms with E-state index in [-0.39, 0.29) is 0 Å². The van der Waals surface area contributed by atoms with Crippen LogP contribution in [0.2, 0.25) is 0 Å². The number of methoxy groups -OCH3 is 1. The molecule has 0 amide bonds. The average Bonchev–Trinajstić information content (AvgIpc) is 2.98. The largest absolute Gasteiger partial charge is 0.383 e. The van der Waals surface area contributed by atoms with Crippen molar-refractivity contribution in [2.24, 2.45) is 5.41 Å². The minimum atomic E-state index is 0.401. The fourth-order valence-corrected chi connectivity index (χ4v) is 3.15. The number of rotatable bonds is 7. The van der Waals surface area contributed by atoms with Crippen molar-refractivity contribution in [2.45, 2.75) is 19.9 Å². The Balaban J connectivity index is 1.91. The lowest BCUT2D eigenvalue weighted by molar-refractivity contribution is 0.114. The van der Waals surface area contributed by atoms with Crippen molar-refractivity contribution in [1.29, 1.82) is 0 Å². The molecule has 1 fully saturated rings. The standard InChI is InChI=1S/C13H23N3OS/c1-13(3-4-14-9-13)10-16(5-6-17-2)8-12-7-15-11-18-12/h7,11,14H,3-6,8-10H2,1-2H3. The van der Waals surface area contributed by atoms with Crippen molar-refractivity contribution in [3.8, 4) is 0 Å². The van der Waals surface area contributed by atoms with Crippen LogP contribution < -0.4 is 5.32 Å². The first kappa shape index (κ1) is 13.9. The number of ether oxygens (including phenoxy) is 1. The molecule has 2 heterocycles. The molecule has 0 spiro atoms. The SMILES string of the molecule is COCCN(Cc1cncs1)CC1(C)CCNC1. The molecule has 0 saturated carbocycles. The maximum atomic E-state index is 5.22. The van der Waals surface area contributed by atoms with E-state index in [0.717, 1.165) is 39.3 Å². The first-order valence-corrected chi connectivity index (χ1v) is 7.39. The van der Waals surface area contributed by atoms with E-state index in [2.05, 4.69) is 22.1 Å². The monoisotopic (exact) mass is 269 g/mol. The van der Waals surface area contributed by atoms with Gasteiger partial charge in [0.25, 0.3) is 0 Å². The van der Waals surface area contributed by atoms with Crippen LogP contribution in [0.1, 0.15) is 18.2 Å². The van der Waals surface area contributed by atoms with Crippen LogP contribution in [-0.2, 0) is 11.3 Å². The smallest absolute Gasteiger partial charge is 0.0794 e. The Morgan fingerprint density at radius 1 is 1.61 bits per heavy atom. The second-order valence-electron chi connectivity index (χ2n) is 5.41. The van der Waals surface area contributed by atoms with Crippen LogP contribution >= 0.6 is 11.3 Å². The van der Waals surface area contributed by atoms with Crippen molar-refractivity contribution >= 4 is 11.3 Å². The molecular formula is C13H23N3OS. The summed E-state index contributed by atoms with van der Waals surface area (Å²) >= 11 is 1.73. The Bertz CT molecular complexity index is 336. The number of aromatic nitrogens is 1. The zero-order valence-electron chi connectivity index (χ0n) is 11.3. The van der Waals surface area contributed by atoms with E-state index in [1.54, 1.807) is 18.4 Å². The molecule has 1 unspecified atom stereocenters. The van der Waals surface area contributed by atoms with Gasteiger partial charge in [-0.25, -0.2) is 0 Å². The molecule has 1 N–H and O–H groups in total. The highest BCUT2D eigenvalue weighted by Gasteiger charge is 2.30. The fourth-order valence-electron chi connectivity index (χ4n) is 2.52. The van der Waals surface area contributed by atoms with Crippen molar-refractivity contribution in [1.82, 2.24) is 15.2 Å². The molecule has 1 aromatic heterocycles. The third kappa shape index (κ3) is 4.02. The highest BCUT2D eigenvalue weighted by molar-refractivity contribution is 7.09. The van der Waals surface area contributed by atoms with Crippen molar-refractivity contribution in [2.75, 3.05) is 39.9 Å². The Morgan fingerprint density at radius 3 is 3.11 bits per heavy atom. The lowest BCUT2D eigenvalue weighted by Crippen LogP contribution is -2.38. The van der Waals surface area contributed by atoms with Crippen LogP contribution in [-0.4, -0.2) is 49.8 Å². The van der Waals surface area contributed by atoms with E-state index >= 15 is 0 Å². The second-order valence-corrected chi connectivity index (χ2v) is 6.38. The van der Waals surface area contributed by atoms with Gasteiger partial charge in [0.1, 0.15) is 0 Å². The lowest BCUT2D eigenvalue weighted by Gasteiger charge is -2.31. The number of hydrogen-bond donors (Lipinski definition) is 1. The van der Waals surface area contributed by atoms with Gasteiger partial charge in [-0.2, -0.15) is 0 Å². The molecule has 1 aliphatic rings. The minimum absolute atomic E-state index is 0.401. The van der Waals surface area contributed by atoms with E-state index in [0.29, 0.717) is 5.41 Å². The summed E-state index contributed by atoms with van der Waals surface area (Å²) in [5.41, 5.74) is 2.31. The first-order chi connectivity index (χ1) is 8.72. The number of nitrogens with one attached hydrogen (secondary N) is 1. The van der Waals surface area contributed by atoms with Gasteiger partial charge < -0.3 is 10.1 Å². The van der Waals surface area contributed by atoms with Gasteiger partial charge in [-0.3, -0.25) is 9.88 Å². The number of hydrogen-bond acceptors (Lipinski definition) is 5. The molecule has 0 aliphatic carbocycles. The third-order valence-electron chi connectivity index (χ3n) is 3.54. The van der Waals surface area contributed by atoms with E-state index in [4.69, 9.17) is 4.74 Å². The van der Waals surface area contributed by atoms with Crippen LogP contribution in [0.15, 0.2) is 11.7 Å². The Labute approximate surface area is 113 Å². The summed E-state index contributed by atoms with van der Waals surface area (Å²) in [7, 11) is 1.77. The molecule has 5 heteroatoms. The van der Waals surface area contributed by atoms with E-state index < -0.39 is 0 Å². The summed E-state index contributed by atoms with van der Waals surface area (Å²) in [6.07, 6.45) is 3.23. The van der Waals surface area contributed by atoms with Crippen LogP contribution in [0, 0.1) is 5.41 Å². The number of thiazole rings is 1. The minimum Gasteiger partial charge on any atom is -0.383 e. The summed E-state index contributed by atoms with van der Waals surface area (Å²) in [5, 5.41) is 3.47. The molecule has 18 heavy (non-hydrogen) atoms. The van der Waals surface area contributed by atoms with Gasteiger partial charge in [0, 0.05) is 44.4 Å². The maximum absolute atomic E-state index is 5.22. The Morgan fingerprint density at radius 2 is 2.50 bits per heavy atom. The van der Waals surface area contributed by atoms with Gasteiger partial charge in [0.15, 0.2) is 0 Å². The van der Waals surface area contributed by atoms with Crippen LogP contribution in [0.25, 0.3) is 0 Å². The van der Waals surface area contributed by atoms with Crippen LogP contribution in [0.5, 0.6) is 0 Å². The zero-order chi connectivity index (χ0) is 12.8. The predicted octanol–water partition coefficient (Wildman–Crippen LogP) is 1.59. The van der Waals surface area contributed by atoms with Crippen molar-refractivity contribution in [3.05, 3.63) is 16.6 Å². The number of nitrogens with zero attached hydrogens (tertiary/aromatic N) is 2. The van der Waals surface area contributed by atoms with Crippen molar-refractivity contribution < 1.29 is 4.74 Å². The highest BCUT2D eigenvalue weighted by Crippen LogP contribution is 2.26. The van der Waals surface area contributed by atoms with Crippen LogP contribution in [0.4, 0.5) is 0 Å². The molecule has 1 saturated heterocycles. The summed E-state index contributed by atoms with van der Waals surface area (Å²) in [5.74, 6) is 0. The molecule has 2 rings (SSSR count). The predicted molar refractivity (Wildman–Crippen MR) is 74.9 cm³/mol. The maximum Gasteiger partial charge on any atom is 0.0794 e. The van der Waals surface area contributed by atoms with Gasteiger partial charge in [-0.15, -0.1) is 11.3 Å². The van der Waals surface area contributed by atoms with Gasteiger partial charge in [-0.1, -0.05) is 6.92 Å². The molecule has 1 aromatic rings. The van der Waals surface area contributed by atoms with E-state index in [1.165, 1.54) is 11.3 Å². The lowest BCUT2D eigenvalue weighted by atomic mass is 9.89. The second kappa shape index (κ2) is 6.61. The summed E-state index contributed by atoms with van der Waals surface area (Å²) in [4.78, 5) is 7.98. The van der Waals surface area contributed by atoms with Gasteiger partial charge in [0.2, 0.25) is 0 Å². The molecule has 0 aromatic carbocycles. The molecular weight excluding hydrogens is 246 g/mol. The third-order valence-corrected chi connectivity index (χ3v) is 4.30. The van der Waals surface area contributed by atoms with Crippen molar-refractivity contribution in [3.63, 3.8) is 0 Å². The summed E-state index contributed by atoms with van der Waals surface area (Å²) in [6, 6.07) is 0. The Hall–Kier alpha value is -0.490. The molecule has 0 bridgehead atoms. The zero-order valence-corrected chi connectivity index (χ0v) is 12.1. The molecule has 102 valence electrons. The normalized spacial score (nSPS) is 23.9. The van der Waals surface area contributed by atoms with Gasteiger partial charge >= 0.3 is 0 Å². The van der Waals surface area contributed by atoms with E-state index in [1.807, 2.05) is 11.7 Å². The average molecular weight is 269 g/mol. The molecule has 1 aliphatic heterocycles. The van der Waals surface area contributed by atoms with Gasteiger partial charge in [0.05, 0.1) is 12.1 Å². The molecule has 1 atom stereocenters. The van der Waals surface area contributed by atoms with Crippen LogP contribution in [0.3, 0.4) is 0 Å². The Kier molecular flexibility index (Phi) is 5.12. The topological polar surface area (TPSA) is 37.4 Å². The highest BCUT2D eigenvalue weighted by atomic mass is 32.1. The van der Waals surface area contributed by atoms with Gasteiger partial charge in [-0.05, 0) is 18.4 Å². The first-order valence-electron chi connectivity index (χ1n) is 6.51.